The third-order valence-electron chi connectivity index (χ3n) is 3.22. The Kier molecular flexibility index (Phi) is 6.52. The number of esters is 1. The van der Waals surface area contributed by atoms with Crippen molar-refractivity contribution in [3.8, 4) is 0 Å². The molecule has 2 atom stereocenters. The highest BCUT2D eigenvalue weighted by Crippen LogP contribution is 2.26. The van der Waals surface area contributed by atoms with Crippen LogP contribution in [0.5, 0.6) is 0 Å². The van der Waals surface area contributed by atoms with E-state index in [1.54, 1.807) is 37.3 Å². The summed E-state index contributed by atoms with van der Waals surface area (Å²) in [5.74, 6) is -1.02. The van der Waals surface area contributed by atoms with E-state index in [9.17, 15) is 9.59 Å². The normalized spacial score (nSPS) is 13.2. The molecule has 4 nitrogen and oxygen atoms in total. The second-order valence-electron chi connectivity index (χ2n) is 5.05. The van der Waals surface area contributed by atoms with Crippen LogP contribution < -0.4 is 5.32 Å². The van der Waals surface area contributed by atoms with E-state index >= 15 is 0 Å². The predicted octanol–water partition coefficient (Wildman–Crippen LogP) is 5.13. The molecule has 1 N–H and O–H groups in total. The summed E-state index contributed by atoms with van der Waals surface area (Å²) in [4.78, 5) is 24.5. The van der Waals surface area contributed by atoms with Gasteiger partial charge in [-0.3, -0.25) is 4.79 Å². The number of rotatable bonds is 5. The van der Waals surface area contributed by atoms with Crippen LogP contribution in [0.25, 0.3) is 0 Å². The van der Waals surface area contributed by atoms with Crippen LogP contribution in [0.4, 0.5) is 0 Å². The van der Waals surface area contributed by atoms with Crippen molar-refractivity contribution in [1.82, 2.24) is 5.32 Å². The third-order valence-corrected chi connectivity index (χ3v) is 4.99. The van der Waals surface area contributed by atoms with Gasteiger partial charge in [-0.15, -0.1) is 11.3 Å². The molecule has 0 spiro atoms. The maximum atomic E-state index is 12.2. The maximum absolute atomic E-state index is 12.2. The largest absolute Gasteiger partial charge is 0.448 e. The van der Waals surface area contributed by atoms with E-state index in [0.29, 0.717) is 19.3 Å². The van der Waals surface area contributed by atoms with Crippen LogP contribution in [-0.2, 0) is 9.53 Å². The summed E-state index contributed by atoms with van der Waals surface area (Å²) < 4.78 is 5.62. The first-order valence-corrected chi connectivity index (χ1v) is 8.94. The first-order chi connectivity index (χ1) is 11.3. The molecule has 0 saturated carbocycles. The van der Waals surface area contributed by atoms with Crippen LogP contribution in [0.3, 0.4) is 0 Å². The summed E-state index contributed by atoms with van der Waals surface area (Å²) in [5.41, 5.74) is 0.720. The van der Waals surface area contributed by atoms with Crippen molar-refractivity contribution in [2.24, 2.45) is 0 Å². The maximum Gasteiger partial charge on any atom is 0.349 e. The van der Waals surface area contributed by atoms with Gasteiger partial charge in [0, 0.05) is 10.0 Å². The standard InChI is InChI=1S/C16H14Cl3NO3S/c1-8(11-4-3-10(17)7-12(11)18)20-15(21)9(2)23-16(22)13-5-6-14(19)24-13/h3-9H,1-2H3,(H,20,21)/t8-,9-/m0/s1. The van der Waals surface area contributed by atoms with Crippen molar-refractivity contribution in [3.63, 3.8) is 0 Å². The highest BCUT2D eigenvalue weighted by molar-refractivity contribution is 7.17. The van der Waals surface area contributed by atoms with E-state index in [2.05, 4.69) is 5.32 Å². The van der Waals surface area contributed by atoms with Gasteiger partial charge in [0.25, 0.3) is 5.91 Å². The Morgan fingerprint density at radius 2 is 1.83 bits per heavy atom. The van der Waals surface area contributed by atoms with Crippen molar-refractivity contribution in [2.45, 2.75) is 26.0 Å². The highest BCUT2D eigenvalue weighted by atomic mass is 35.5. The Bertz CT molecular complexity index is 763. The van der Waals surface area contributed by atoms with Crippen molar-refractivity contribution in [2.75, 3.05) is 0 Å². The number of ether oxygens (including phenoxy) is 1. The first-order valence-electron chi connectivity index (χ1n) is 6.99. The molecule has 0 radical (unpaired) electrons. The van der Waals surface area contributed by atoms with Gasteiger partial charge in [-0.05, 0) is 43.7 Å². The molecule has 1 aromatic heterocycles. The Balaban J connectivity index is 1.96. The summed E-state index contributed by atoms with van der Waals surface area (Å²) in [5, 5.41) is 3.72. The summed E-state index contributed by atoms with van der Waals surface area (Å²) >= 11 is 18.8. The molecule has 0 fully saturated rings. The number of benzene rings is 1. The minimum Gasteiger partial charge on any atom is -0.448 e. The average molecular weight is 407 g/mol. The van der Waals surface area contributed by atoms with Gasteiger partial charge in [0.15, 0.2) is 6.10 Å². The number of nitrogens with one attached hydrogen (secondary N) is 1. The summed E-state index contributed by atoms with van der Waals surface area (Å²) in [6.45, 7) is 3.28. The quantitative estimate of drug-likeness (QED) is 0.700. The van der Waals surface area contributed by atoms with E-state index < -0.39 is 18.0 Å². The van der Waals surface area contributed by atoms with Crippen LogP contribution in [0.2, 0.25) is 14.4 Å². The molecule has 2 rings (SSSR count). The molecule has 1 heterocycles. The molecule has 128 valence electrons. The van der Waals surface area contributed by atoms with Gasteiger partial charge < -0.3 is 10.1 Å². The second kappa shape index (κ2) is 8.21. The molecule has 8 heteroatoms. The third kappa shape index (κ3) is 4.86. The molecule has 2 aromatic rings. The van der Waals surface area contributed by atoms with Gasteiger partial charge in [-0.1, -0.05) is 40.9 Å². The minimum atomic E-state index is -0.952. The number of amides is 1. The number of thiophene rings is 1. The van der Waals surface area contributed by atoms with Gasteiger partial charge in [0.1, 0.15) is 4.88 Å². The van der Waals surface area contributed by atoms with Crippen LogP contribution in [0.15, 0.2) is 30.3 Å². The van der Waals surface area contributed by atoms with Crippen molar-refractivity contribution in [1.29, 1.82) is 0 Å². The van der Waals surface area contributed by atoms with E-state index in [1.165, 1.54) is 6.92 Å². The highest BCUT2D eigenvalue weighted by Gasteiger charge is 2.22. The lowest BCUT2D eigenvalue weighted by molar-refractivity contribution is -0.129. The van der Waals surface area contributed by atoms with Crippen molar-refractivity contribution < 1.29 is 14.3 Å². The average Bonchev–Trinajstić information content (AvgIpc) is 2.93. The topological polar surface area (TPSA) is 55.4 Å². The lowest BCUT2D eigenvalue weighted by Gasteiger charge is -2.19. The van der Waals surface area contributed by atoms with Crippen LogP contribution in [-0.4, -0.2) is 18.0 Å². The minimum absolute atomic E-state index is 0.341. The first kappa shape index (κ1) is 19.1. The summed E-state index contributed by atoms with van der Waals surface area (Å²) in [7, 11) is 0. The molecule has 0 aliphatic carbocycles. The van der Waals surface area contributed by atoms with Gasteiger partial charge in [0.2, 0.25) is 0 Å². The van der Waals surface area contributed by atoms with Crippen molar-refractivity contribution in [3.05, 3.63) is 55.2 Å². The zero-order valence-electron chi connectivity index (χ0n) is 12.8. The number of hydrogen-bond acceptors (Lipinski definition) is 4. The molecule has 1 amide bonds. The van der Waals surface area contributed by atoms with Gasteiger partial charge >= 0.3 is 5.97 Å². The number of halogens is 3. The SMILES string of the molecule is C[C@H](OC(=O)c1ccc(Cl)s1)C(=O)N[C@@H](C)c1ccc(Cl)cc1Cl. The molecule has 0 aliphatic rings. The van der Waals surface area contributed by atoms with E-state index in [-0.39, 0.29) is 6.04 Å². The zero-order valence-corrected chi connectivity index (χ0v) is 15.9. The number of carbonyl (C=O) groups excluding carboxylic acids is 2. The second-order valence-corrected chi connectivity index (χ2v) is 7.61. The summed E-state index contributed by atoms with van der Waals surface area (Å²) in [6, 6.07) is 7.81. The Morgan fingerprint density at radius 3 is 2.42 bits per heavy atom. The van der Waals surface area contributed by atoms with Crippen LogP contribution >= 0.6 is 46.1 Å². The molecule has 0 unspecified atom stereocenters. The fourth-order valence-electron chi connectivity index (χ4n) is 1.96. The fourth-order valence-corrected chi connectivity index (χ4v) is 3.46. The molecule has 24 heavy (non-hydrogen) atoms. The zero-order chi connectivity index (χ0) is 17.9. The fraction of sp³-hybridized carbons (Fsp3) is 0.250. The number of hydrogen-bond donors (Lipinski definition) is 1. The van der Waals surface area contributed by atoms with E-state index in [1.807, 2.05) is 0 Å². The molecule has 1 aromatic carbocycles. The Labute approximate surface area is 158 Å². The predicted molar refractivity (Wildman–Crippen MR) is 97.2 cm³/mol. The Morgan fingerprint density at radius 1 is 1.12 bits per heavy atom. The molecule has 0 bridgehead atoms. The van der Waals surface area contributed by atoms with Crippen LogP contribution in [0.1, 0.15) is 35.1 Å². The van der Waals surface area contributed by atoms with Crippen LogP contribution in [0, 0.1) is 0 Å². The number of carbonyl (C=O) groups is 2. The van der Waals surface area contributed by atoms with E-state index in [4.69, 9.17) is 39.5 Å². The van der Waals surface area contributed by atoms with Gasteiger partial charge in [0.05, 0.1) is 10.4 Å². The van der Waals surface area contributed by atoms with E-state index in [0.717, 1.165) is 16.9 Å². The smallest absolute Gasteiger partial charge is 0.349 e. The molecule has 0 saturated heterocycles. The van der Waals surface area contributed by atoms with Gasteiger partial charge in [-0.25, -0.2) is 4.79 Å². The Hall–Kier alpha value is -1.27. The lowest BCUT2D eigenvalue weighted by atomic mass is 10.1. The van der Waals surface area contributed by atoms with Crippen molar-refractivity contribution >= 4 is 58.0 Å². The summed E-state index contributed by atoms with van der Waals surface area (Å²) in [6.07, 6.45) is -0.952. The molecular formula is C16H14Cl3NO3S. The van der Waals surface area contributed by atoms with Gasteiger partial charge in [-0.2, -0.15) is 0 Å². The monoisotopic (exact) mass is 405 g/mol. The molecule has 0 aliphatic heterocycles. The lowest BCUT2D eigenvalue weighted by Crippen LogP contribution is -2.37. The molecular weight excluding hydrogens is 393 g/mol.